The number of aromatic hydroxyl groups is 1. The summed E-state index contributed by atoms with van der Waals surface area (Å²) in [6, 6.07) is 9.31. The Morgan fingerprint density at radius 1 is 1.13 bits per heavy atom. The lowest BCUT2D eigenvalue weighted by Crippen LogP contribution is -2.23. The van der Waals surface area contributed by atoms with Crippen LogP contribution in [-0.4, -0.2) is 46.7 Å². The number of aromatic nitrogens is 4. The molecule has 0 bridgehead atoms. The lowest BCUT2D eigenvalue weighted by molar-refractivity contribution is 0.470. The molecule has 1 saturated heterocycles. The van der Waals surface area contributed by atoms with Gasteiger partial charge in [-0.2, -0.15) is 0 Å². The third kappa shape index (κ3) is 3.56. The van der Waals surface area contributed by atoms with E-state index in [1.165, 1.54) is 22.6 Å². The number of pyridine rings is 2. The summed E-state index contributed by atoms with van der Waals surface area (Å²) in [6.45, 7) is 0.406. The number of anilines is 1. The van der Waals surface area contributed by atoms with Gasteiger partial charge in [-0.15, -0.1) is 21.0 Å². The zero-order valence-electron chi connectivity index (χ0n) is 16.1. The molecule has 1 fully saturated rings. The van der Waals surface area contributed by atoms with Crippen molar-refractivity contribution in [1.82, 2.24) is 20.2 Å². The predicted molar refractivity (Wildman–Crippen MR) is 113 cm³/mol. The van der Waals surface area contributed by atoms with Gasteiger partial charge in [0, 0.05) is 18.1 Å². The van der Waals surface area contributed by atoms with Crippen molar-refractivity contribution in [2.45, 2.75) is 12.8 Å². The number of rotatable bonds is 4. The Balaban J connectivity index is 1.58. The second-order valence-electron chi connectivity index (χ2n) is 7.13. The minimum absolute atomic E-state index is 0.00107. The number of halogens is 1. The van der Waals surface area contributed by atoms with E-state index in [2.05, 4.69) is 20.2 Å². The van der Waals surface area contributed by atoms with Crippen molar-refractivity contribution in [3.8, 4) is 17.3 Å². The average Bonchev–Trinajstić information content (AvgIpc) is 3.36. The van der Waals surface area contributed by atoms with E-state index >= 15 is 0 Å². The van der Waals surface area contributed by atoms with E-state index in [4.69, 9.17) is 4.42 Å². The molecule has 3 aromatic heterocycles. The monoisotopic (exact) mass is 443 g/mol. The first-order chi connectivity index (χ1) is 14.9. The van der Waals surface area contributed by atoms with Gasteiger partial charge in [0.05, 0.1) is 12.2 Å². The maximum Gasteiger partial charge on any atom is 0.270 e. The smallest absolute Gasteiger partial charge is 0.270 e. The summed E-state index contributed by atoms with van der Waals surface area (Å²) in [7, 11) is -3.02. The van der Waals surface area contributed by atoms with Crippen molar-refractivity contribution < 1.29 is 23.0 Å². The first kappa shape index (κ1) is 19.7. The topological polar surface area (TPSA) is 129 Å². The van der Waals surface area contributed by atoms with Gasteiger partial charge in [-0.3, -0.25) is 18.4 Å². The molecule has 0 saturated carbocycles. The summed E-state index contributed by atoms with van der Waals surface area (Å²) >= 11 is 0. The summed E-state index contributed by atoms with van der Waals surface area (Å²) in [5.74, 6) is 0.177. The van der Waals surface area contributed by atoms with Crippen LogP contribution in [0.5, 0.6) is 5.75 Å². The van der Waals surface area contributed by atoms with Crippen LogP contribution >= 0.6 is 10.8 Å². The maximum atomic E-state index is 13.1. The fourth-order valence-electron chi connectivity index (χ4n) is 3.55. The lowest BCUT2D eigenvalue weighted by Gasteiger charge is -2.37. The number of benzene rings is 1. The van der Waals surface area contributed by atoms with Crippen molar-refractivity contribution in [3.05, 3.63) is 59.9 Å². The first-order valence-electron chi connectivity index (χ1n) is 9.51. The Hall–Kier alpha value is -3.28. The number of fused-ring (bicyclic) bond motifs is 1. The molecule has 11 heteroatoms. The summed E-state index contributed by atoms with van der Waals surface area (Å²) in [4.78, 5) is 8.70. The van der Waals surface area contributed by atoms with Gasteiger partial charge in [0.1, 0.15) is 11.3 Å². The lowest BCUT2D eigenvalue weighted by atomic mass is 10.1. The zero-order chi connectivity index (χ0) is 21.6. The van der Waals surface area contributed by atoms with Crippen LogP contribution in [0.2, 0.25) is 0 Å². The van der Waals surface area contributed by atoms with E-state index in [0.717, 1.165) is 5.56 Å². The molecule has 1 aliphatic rings. The summed E-state index contributed by atoms with van der Waals surface area (Å²) in [5, 5.41) is 19.3. The maximum absolute atomic E-state index is 13.1. The van der Waals surface area contributed by atoms with Crippen LogP contribution < -0.4 is 4.31 Å². The number of nitrogens with zero attached hydrogens (tertiary/aromatic N) is 5. The first-order valence-corrected chi connectivity index (χ1v) is 11.2. The van der Waals surface area contributed by atoms with Gasteiger partial charge >= 0.3 is 0 Å². The van der Waals surface area contributed by atoms with Crippen molar-refractivity contribution in [2.24, 2.45) is 0 Å². The number of hydrogen-bond acceptors (Lipinski definition) is 9. The molecule has 4 heterocycles. The normalized spacial score (nSPS) is 16.7. The minimum Gasteiger partial charge on any atom is -0.504 e. The van der Waals surface area contributed by atoms with Crippen LogP contribution in [0.3, 0.4) is 0 Å². The van der Waals surface area contributed by atoms with Gasteiger partial charge < -0.3 is 9.52 Å². The van der Waals surface area contributed by atoms with Crippen LogP contribution in [0.25, 0.3) is 22.5 Å². The second-order valence-corrected chi connectivity index (χ2v) is 9.24. The molecule has 5 rings (SSSR count). The van der Waals surface area contributed by atoms with Crippen LogP contribution in [0.15, 0.2) is 47.0 Å². The molecule has 9 nitrogen and oxygen atoms in total. The molecule has 160 valence electrons. The molecule has 1 aliphatic heterocycles. The highest BCUT2D eigenvalue weighted by atomic mass is 32.3. The van der Waals surface area contributed by atoms with Gasteiger partial charge in [0.15, 0.2) is 17.3 Å². The largest absolute Gasteiger partial charge is 0.504 e. The van der Waals surface area contributed by atoms with Crippen LogP contribution in [0, 0.1) is 5.82 Å². The van der Waals surface area contributed by atoms with E-state index in [-0.39, 0.29) is 52.6 Å². The second kappa shape index (κ2) is 7.45. The molecule has 0 aliphatic carbocycles. The predicted octanol–water partition coefficient (Wildman–Crippen LogP) is 3.99. The molecule has 4 aromatic rings. The molecular weight excluding hydrogens is 425 g/mol. The molecule has 3 N–H and O–H groups in total. The zero-order valence-corrected chi connectivity index (χ0v) is 17.0. The Bertz CT molecular complexity index is 1260. The third-order valence-corrected chi connectivity index (χ3v) is 6.92. The molecule has 1 aromatic carbocycles. The van der Waals surface area contributed by atoms with Gasteiger partial charge in [0.2, 0.25) is 5.89 Å². The van der Waals surface area contributed by atoms with Gasteiger partial charge in [-0.05, 0) is 36.2 Å². The molecule has 31 heavy (non-hydrogen) atoms. The molecule has 0 radical (unpaired) electrons. The van der Waals surface area contributed by atoms with Gasteiger partial charge in [-0.25, -0.2) is 9.37 Å². The Kier molecular flexibility index (Phi) is 4.73. The third-order valence-electron chi connectivity index (χ3n) is 5.02. The fourth-order valence-corrected chi connectivity index (χ4v) is 5.12. The van der Waals surface area contributed by atoms with E-state index < -0.39 is 10.8 Å². The van der Waals surface area contributed by atoms with E-state index in [1.807, 2.05) is 0 Å². The van der Waals surface area contributed by atoms with E-state index in [9.17, 15) is 18.6 Å². The van der Waals surface area contributed by atoms with Crippen molar-refractivity contribution in [1.29, 1.82) is 0 Å². The Morgan fingerprint density at radius 3 is 2.68 bits per heavy atom. The minimum atomic E-state index is -3.02. The molecule has 0 spiro atoms. The molecule has 0 amide bonds. The van der Waals surface area contributed by atoms with Crippen molar-refractivity contribution in [2.75, 3.05) is 16.6 Å². The van der Waals surface area contributed by atoms with E-state index in [0.29, 0.717) is 18.4 Å². The SMILES string of the molecule is Oc1c(-c2nnc(Cc3ccc(F)cc3)o2)nc(N2CCCS2(O)O)c2cccnc12. The van der Waals surface area contributed by atoms with Crippen LogP contribution in [0.4, 0.5) is 10.2 Å². The Morgan fingerprint density at radius 2 is 1.94 bits per heavy atom. The summed E-state index contributed by atoms with van der Waals surface area (Å²) in [5.41, 5.74) is 1.02. The van der Waals surface area contributed by atoms with Crippen LogP contribution in [0.1, 0.15) is 17.9 Å². The van der Waals surface area contributed by atoms with Crippen LogP contribution in [-0.2, 0) is 6.42 Å². The standard InChI is InChI=1S/C20H18FN5O4S/c21-13-6-4-12(5-7-13)11-15-24-25-20(30-15)17-18(27)16-14(3-1-8-22-16)19(23-17)26-9-2-10-31(26,28)29/h1,3-8,27-29H,2,9-11H2. The Labute approximate surface area is 177 Å². The quantitative estimate of drug-likeness (QED) is 0.429. The molecule has 0 atom stereocenters. The highest BCUT2D eigenvalue weighted by Crippen LogP contribution is 2.52. The number of hydrogen-bond donors (Lipinski definition) is 3. The van der Waals surface area contributed by atoms with Gasteiger partial charge in [0.25, 0.3) is 5.89 Å². The molecular formula is C20H18FN5O4S. The average molecular weight is 443 g/mol. The highest BCUT2D eigenvalue weighted by molar-refractivity contribution is 8.25. The highest BCUT2D eigenvalue weighted by Gasteiger charge is 2.33. The molecule has 0 unspecified atom stereocenters. The van der Waals surface area contributed by atoms with Gasteiger partial charge in [-0.1, -0.05) is 12.1 Å². The summed E-state index contributed by atoms with van der Waals surface area (Å²) in [6.07, 6.45) is 2.40. The summed E-state index contributed by atoms with van der Waals surface area (Å²) < 4.78 is 41.2. The fraction of sp³-hybridized carbons (Fsp3) is 0.200. The van der Waals surface area contributed by atoms with E-state index in [1.54, 1.807) is 24.3 Å². The van der Waals surface area contributed by atoms with Crippen molar-refractivity contribution in [3.63, 3.8) is 0 Å². The van der Waals surface area contributed by atoms with Crippen molar-refractivity contribution >= 4 is 27.5 Å².